The summed E-state index contributed by atoms with van der Waals surface area (Å²) in [6.45, 7) is 76.9. The van der Waals surface area contributed by atoms with Crippen molar-refractivity contribution in [3.63, 3.8) is 0 Å². The molecule has 0 aromatic heterocycles. The van der Waals surface area contributed by atoms with Gasteiger partial charge in [0.2, 0.25) is 0 Å². The van der Waals surface area contributed by atoms with Crippen molar-refractivity contribution in [1.29, 1.82) is 0 Å². The van der Waals surface area contributed by atoms with Crippen molar-refractivity contribution < 1.29 is 0 Å². The molecule has 0 unspecified atom stereocenters. The maximum absolute atomic E-state index is 2.27. The van der Waals surface area contributed by atoms with Gasteiger partial charge in [0.05, 0.1) is 0 Å². The summed E-state index contributed by atoms with van der Waals surface area (Å²) in [7, 11) is 0. The van der Waals surface area contributed by atoms with Gasteiger partial charge in [0.15, 0.2) is 0 Å². The van der Waals surface area contributed by atoms with Crippen LogP contribution in [0.1, 0.15) is 290 Å². The van der Waals surface area contributed by atoms with Crippen LogP contribution in [0.3, 0.4) is 0 Å². The quantitative estimate of drug-likeness (QED) is 0.185. The fraction of sp³-hybridized carbons (Fsp3) is 0.465. The van der Waals surface area contributed by atoms with Crippen LogP contribution in [-0.2, 0) is 51.8 Å². The first-order valence-corrected chi connectivity index (χ1v) is 38.2. The summed E-state index contributed by atoms with van der Waals surface area (Å²) in [5.74, 6) is 0. The summed E-state index contributed by atoms with van der Waals surface area (Å²) >= 11 is 0. The van der Waals surface area contributed by atoms with E-state index in [4.69, 9.17) is 0 Å². The van der Waals surface area contributed by atoms with E-state index in [1.165, 1.54) is 61.2 Å². The summed E-state index contributed by atoms with van der Waals surface area (Å²) in [5.41, 5.74) is 18.5. The van der Waals surface area contributed by atoms with Gasteiger partial charge in [-0.3, -0.25) is 0 Å². The number of rotatable bonds is 3. The molecule has 9 aromatic rings. The van der Waals surface area contributed by atoms with Gasteiger partial charge in [-0.05, 0) is 143 Å². The van der Waals surface area contributed by atoms with Gasteiger partial charge in [-0.15, -0.1) is 0 Å². The standard InChI is InChI=1S/C12H18.3C11H16.5C10H14.3C2H6.2H3N/c1-9-7-6-8-10(2)11(9)12(3,4)5;3*1-11(2,3)9-10-7-5-4-6-8-10;5*1-10(2,3)9-7-5-4-6-8-9;3*1-2;;/h6-8H,1-5H3;3*4-8H,9H2,1-3H3;5*4-8H,1-3H3;3*1-2H3;2*1H3. The minimum absolute atomic E-state index is 0. The highest BCUT2D eigenvalue weighted by atomic mass is 14.2. The van der Waals surface area contributed by atoms with Crippen molar-refractivity contribution in [2.24, 2.45) is 16.2 Å². The molecule has 0 spiro atoms. The molecule has 2 nitrogen and oxygen atoms in total. The van der Waals surface area contributed by atoms with Crippen molar-refractivity contribution in [1.82, 2.24) is 12.3 Å². The van der Waals surface area contributed by atoms with Crippen LogP contribution in [0.25, 0.3) is 0 Å². The molecule has 0 heterocycles. The first-order valence-electron chi connectivity index (χ1n) is 38.2. The van der Waals surface area contributed by atoms with Crippen LogP contribution in [0.15, 0.2) is 261 Å². The van der Waals surface area contributed by atoms with Crippen LogP contribution in [0.4, 0.5) is 0 Å². The molecule has 0 saturated carbocycles. The molecular weight excluding hydrogens is 1240 g/mol. The first-order chi connectivity index (χ1) is 46.7. The Labute approximate surface area is 640 Å². The third-order valence-electron chi connectivity index (χ3n) is 15.2. The number of benzene rings is 9. The summed E-state index contributed by atoms with van der Waals surface area (Å²) in [4.78, 5) is 0. The topological polar surface area (TPSA) is 70.0 Å². The zero-order valence-electron chi connectivity index (χ0n) is 73.4. The second-order valence-electron chi connectivity index (χ2n) is 35.3. The van der Waals surface area contributed by atoms with Crippen molar-refractivity contribution in [2.75, 3.05) is 0 Å². The van der Waals surface area contributed by atoms with Gasteiger partial charge < -0.3 is 12.3 Å². The smallest absolute Gasteiger partial charge is 0.0127 e. The number of hydrogen-bond acceptors (Lipinski definition) is 2. The van der Waals surface area contributed by atoms with Crippen LogP contribution in [0.5, 0.6) is 0 Å². The zero-order chi connectivity index (χ0) is 78.4. The predicted molar refractivity (Wildman–Crippen MR) is 473 cm³/mol. The molecule has 0 radical (unpaired) electrons. The van der Waals surface area contributed by atoms with Gasteiger partial charge in [-0.25, -0.2) is 0 Å². The lowest BCUT2D eigenvalue weighted by atomic mass is 9.81. The minimum Gasteiger partial charge on any atom is -0.344 e. The van der Waals surface area contributed by atoms with E-state index in [1.54, 1.807) is 0 Å². The highest BCUT2D eigenvalue weighted by Gasteiger charge is 2.19. The van der Waals surface area contributed by atoms with Gasteiger partial charge in [0, 0.05) is 0 Å². The van der Waals surface area contributed by atoms with E-state index in [0.29, 0.717) is 43.3 Å². The Morgan fingerprint density at radius 1 is 0.175 bits per heavy atom. The SMILES string of the molecule is CC.CC.CC.CC(C)(C)Cc1ccccc1.CC(C)(C)Cc1ccccc1.CC(C)(C)Cc1ccccc1.CC(C)(C)c1ccccc1.CC(C)(C)c1ccccc1.CC(C)(C)c1ccccc1.CC(C)(C)c1ccccc1.CC(C)(C)c1ccccc1.Cc1cccc(C)c1C(C)(C)C.N.N. The monoisotopic (exact) mass is 1400 g/mol. The lowest BCUT2D eigenvalue weighted by Gasteiger charge is -2.23. The Balaban J connectivity index is -0.000000346. The van der Waals surface area contributed by atoms with Crippen LogP contribution >= 0.6 is 0 Å². The summed E-state index contributed by atoms with van der Waals surface area (Å²) < 4.78 is 0. The van der Waals surface area contributed by atoms with E-state index in [2.05, 4.69) is 462 Å². The molecular formula is C101H160N2. The van der Waals surface area contributed by atoms with E-state index in [0.717, 1.165) is 19.3 Å². The maximum Gasteiger partial charge on any atom is -0.0127 e. The van der Waals surface area contributed by atoms with Crippen molar-refractivity contribution in [3.8, 4) is 0 Å². The predicted octanol–water partition coefficient (Wildman–Crippen LogP) is 31.7. The molecule has 0 bridgehead atoms. The lowest BCUT2D eigenvalue weighted by molar-refractivity contribution is 0.411. The van der Waals surface area contributed by atoms with Crippen molar-refractivity contribution >= 4 is 0 Å². The summed E-state index contributed by atoms with van der Waals surface area (Å²) in [5, 5.41) is 0. The Morgan fingerprint density at radius 2 is 0.311 bits per heavy atom. The Bertz CT molecular complexity index is 2890. The fourth-order valence-electron chi connectivity index (χ4n) is 10.3. The van der Waals surface area contributed by atoms with Gasteiger partial charge in [0.1, 0.15) is 0 Å². The van der Waals surface area contributed by atoms with Gasteiger partial charge >= 0.3 is 0 Å². The molecule has 0 aliphatic rings. The average Bonchev–Trinajstić information content (AvgIpc) is 0.820. The third-order valence-corrected chi connectivity index (χ3v) is 15.2. The molecule has 103 heavy (non-hydrogen) atoms. The highest BCUT2D eigenvalue weighted by molar-refractivity contribution is 5.38. The van der Waals surface area contributed by atoms with E-state index >= 15 is 0 Å². The van der Waals surface area contributed by atoms with E-state index < -0.39 is 0 Å². The normalized spacial score (nSPS) is 10.8. The number of aryl methyl sites for hydroxylation is 2. The van der Waals surface area contributed by atoms with Crippen molar-refractivity contribution in [3.05, 3.63) is 322 Å². The molecule has 6 N–H and O–H groups in total. The number of hydrogen-bond donors (Lipinski definition) is 2. The molecule has 0 amide bonds. The molecule has 0 atom stereocenters. The first kappa shape index (κ1) is 105. The largest absolute Gasteiger partial charge is 0.344 e. The average molecular weight is 1400 g/mol. The molecule has 0 fully saturated rings. The van der Waals surface area contributed by atoms with Crippen LogP contribution in [-0.4, -0.2) is 0 Å². The third kappa shape index (κ3) is 55.1. The van der Waals surface area contributed by atoms with E-state index in [-0.39, 0.29) is 17.7 Å². The molecule has 0 aliphatic heterocycles. The highest BCUT2D eigenvalue weighted by Crippen LogP contribution is 2.29. The van der Waals surface area contributed by atoms with Gasteiger partial charge in [-0.2, -0.15) is 0 Å². The van der Waals surface area contributed by atoms with E-state index in [1.807, 2.05) is 41.5 Å². The van der Waals surface area contributed by atoms with Crippen LogP contribution < -0.4 is 12.3 Å². The minimum atomic E-state index is 0. The second-order valence-corrected chi connectivity index (χ2v) is 35.3. The Morgan fingerprint density at radius 3 is 0.408 bits per heavy atom. The molecule has 574 valence electrons. The fourth-order valence-corrected chi connectivity index (χ4v) is 10.3. The van der Waals surface area contributed by atoms with E-state index in [9.17, 15) is 0 Å². The maximum atomic E-state index is 2.27. The van der Waals surface area contributed by atoms with Crippen LogP contribution in [0.2, 0.25) is 0 Å². The molecule has 0 saturated heterocycles. The van der Waals surface area contributed by atoms with Crippen molar-refractivity contribution in [2.45, 2.75) is 294 Å². The molecule has 0 aliphatic carbocycles. The van der Waals surface area contributed by atoms with Crippen LogP contribution in [0, 0.1) is 30.1 Å². The molecule has 9 rings (SSSR count). The van der Waals surface area contributed by atoms with Gasteiger partial charge in [0.25, 0.3) is 0 Å². The second kappa shape index (κ2) is 52.8. The molecule has 2 heteroatoms. The Hall–Kier alpha value is -7.10. The summed E-state index contributed by atoms with van der Waals surface area (Å²) in [6.07, 6.45) is 3.48. The zero-order valence-corrected chi connectivity index (χ0v) is 73.4. The summed E-state index contributed by atoms with van der Waals surface area (Å²) in [6, 6.07) is 91.2. The Kier molecular flexibility index (Phi) is 53.6. The lowest BCUT2D eigenvalue weighted by Crippen LogP contribution is -2.14. The molecule has 9 aromatic carbocycles. The van der Waals surface area contributed by atoms with Gasteiger partial charge in [-0.1, -0.05) is 489 Å².